The lowest BCUT2D eigenvalue weighted by molar-refractivity contribution is -0.186. The van der Waals surface area contributed by atoms with Crippen molar-refractivity contribution >= 4 is 0 Å². The predicted octanol–water partition coefficient (Wildman–Crippen LogP) is 3.53. The molecule has 2 rings (SSSR count). The highest BCUT2D eigenvalue weighted by molar-refractivity contribution is 5.09. The highest BCUT2D eigenvalue weighted by Gasteiger charge is 2.43. The Morgan fingerprint density at radius 3 is 2.80 bits per heavy atom. The Hall–Kier alpha value is -1.04. The van der Waals surface area contributed by atoms with Gasteiger partial charge >= 0.3 is 6.18 Å². The van der Waals surface area contributed by atoms with Gasteiger partial charge in [-0.15, -0.1) is 0 Å². The van der Waals surface area contributed by atoms with E-state index in [1.807, 2.05) is 24.7 Å². The summed E-state index contributed by atoms with van der Waals surface area (Å²) >= 11 is 0. The standard InChI is InChI=1S/C14H22F3N3/c1-3-20-12(7-8-19-20)13(18-2)10-5-4-6-11(9-10)14(15,16)17/h7-8,10-11,13,18H,3-6,9H2,1-2H3. The number of rotatable bonds is 4. The zero-order chi connectivity index (χ0) is 14.8. The first-order chi connectivity index (χ1) is 9.47. The van der Waals surface area contributed by atoms with Gasteiger partial charge in [0.05, 0.1) is 17.7 Å². The van der Waals surface area contributed by atoms with E-state index >= 15 is 0 Å². The van der Waals surface area contributed by atoms with E-state index in [0.717, 1.165) is 18.7 Å². The summed E-state index contributed by atoms with van der Waals surface area (Å²) in [6.07, 6.45) is -0.386. The molecule has 1 aromatic heterocycles. The molecule has 1 saturated carbocycles. The summed E-state index contributed by atoms with van der Waals surface area (Å²) < 4.78 is 40.7. The van der Waals surface area contributed by atoms with Crippen LogP contribution in [0.15, 0.2) is 12.3 Å². The second-order valence-corrected chi connectivity index (χ2v) is 5.50. The van der Waals surface area contributed by atoms with Crippen molar-refractivity contribution in [2.24, 2.45) is 11.8 Å². The fraction of sp³-hybridized carbons (Fsp3) is 0.786. The number of nitrogens with zero attached hydrogens (tertiary/aromatic N) is 2. The van der Waals surface area contributed by atoms with Gasteiger partial charge in [-0.1, -0.05) is 6.42 Å². The highest BCUT2D eigenvalue weighted by Crippen LogP contribution is 2.43. The minimum absolute atomic E-state index is 0.0161. The molecule has 0 aromatic carbocycles. The Morgan fingerprint density at radius 1 is 1.45 bits per heavy atom. The number of alkyl halides is 3. The molecular weight excluding hydrogens is 267 g/mol. The van der Waals surface area contributed by atoms with Crippen molar-refractivity contribution in [3.63, 3.8) is 0 Å². The minimum Gasteiger partial charge on any atom is -0.311 e. The first kappa shape index (κ1) is 15.4. The summed E-state index contributed by atoms with van der Waals surface area (Å²) in [4.78, 5) is 0. The predicted molar refractivity (Wildman–Crippen MR) is 71.2 cm³/mol. The third-order valence-electron chi connectivity index (χ3n) is 4.33. The highest BCUT2D eigenvalue weighted by atomic mass is 19.4. The van der Waals surface area contributed by atoms with Crippen molar-refractivity contribution in [2.75, 3.05) is 7.05 Å². The van der Waals surface area contributed by atoms with Crippen LogP contribution in [0.4, 0.5) is 13.2 Å². The van der Waals surface area contributed by atoms with Crippen LogP contribution in [0.1, 0.15) is 44.3 Å². The summed E-state index contributed by atoms with van der Waals surface area (Å²) in [6.45, 7) is 2.72. The molecule has 0 amide bonds. The molecule has 3 unspecified atom stereocenters. The van der Waals surface area contributed by atoms with Gasteiger partial charge in [-0.25, -0.2) is 0 Å². The monoisotopic (exact) mass is 289 g/mol. The zero-order valence-electron chi connectivity index (χ0n) is 12.0. The zero-order valence-corrected chi connectivity index (χ0v) is 12.0. The van der Waals surface area contributed by atoms with E-state index in [-0.39, 0.29) is 24.8 Å². The summed E-state index contributed by atoms with van der Waals surface area (Å²) in [7, 11) is 1.81. The second-order valence-electron chi connectivity index (χ2n) is 5.50. The van der Waals surface area contributed by atoms with Crippen molar-refractivity contribution in [1.82, 2.24) is 15.1 Å². The summed E-state index contributed by atoms with van der Waals surface area (Å²) in [5.74, 6) is -1.14. The van der Waals surface area contributed by atoms with Crippen LogP contribution < -0.4 is 5.32 Å². The number of halogens is 3. The summed E-state index contributed by atoms with van der Waals surface area (Å²) in [5.41, 5.74) is 0.989. The Kier molecular flexibility index (Phi) is 4.73. The maximum absolute atomic E-state index is 12.9. The van der Waals surface area contributed by atoms with Gasteiger partial charge < -0.3 is 5.32 Å². The van der Waals surface area contributed by atoms with E-state index in [2.05, 4.69) is 10.4 Å². The van der Waals surface area contributed by atoms with Crippen molar-refractivity contribution < 1.29 is 13.2 Å². The lowest BCUT2D eigenvalue weighted by atomic mass is 9.76. The molecule has 0 saturated heterocycles. The van der Waals surface area contributed by atoms with Gasteiger partial charge in [0, 0.05) is 12.7 Å². The van der Waals surface area contributed by atoms with Crippen molar-refractivity contribution in [3.8, 4) is 0 Å². The van der Waals surface area contributed by atoms with E-state index in [1.165, 1.54) is 0 Å². The van der Waals surface area contributed by atoms with Gasteiger partial charge in [-0.2, -0.15) is 18.3 Å². The van der Waals surface area contributed by atoms with E-state index in [4.69, 9.17) is 0 Å². The molecular formula is C14H22F3N3. The Morgan fingerprint density at radius 2 is 2.20 bits per heavy atom. The number of aryl methyl sites for hydroxylation is 1. The van der Waals surface area contributed by atoms with Crippen LogP contribution >= 0.6 is 0 Å². The molecule has 3 atom stereocenters. The van der Waals surface area contributed by atoms with Gasteiger partial charge in [0.25, 0.3) is 0 Å². The molecule has 1 aliphatic rings. The summed E-state index contributed by atoms with van der Waals surface area (Å²) in [5, 5.41) is 7.41. The molecule has 6 heteroatoms. The Balaban J connectivity index is 2.15. The second kappa shape index (κ2) is 6.16. The van der Waals surface area contributed by atoms with Crippen LogP contribution in [0, 0.1) is 11.8 Å². The number of nitrogens with one attached hydrogen (secondary N) is 1. The van der Waals surface area contributed by atoms with Gasteiger partial charge in [0.2, 0.25) is 0 Å². The Bertz CT molecular complexity index is 428. The third kappa shape index (κ3) is 3.16. The van der Waals surface area contributed by atoms with Crippen LogP contribution in [-0.4, -0.2) is 23.0 Å². The number of aromatic nitrogens is 2. The van der Waals surface area contributed by atoms with Crippen LogP contribution in [-0.2, 0) is 6.54 Å². The fourth-order valence-electron chi connectivity index (χ4n) is 3.32. The van der Waals surface area contributed by atoms with Crippen LogP contribution in [0.25, 0.3) is 0 Å². The fourth-order valence-corrected chi connectivity index (χ4v) is 3.32. The smallest absolute Gasteiger partial charge is 0.311 e. The van der Waals surface area contributed by atoms with Gasteiger partial charge in [0.1, 0.15) is 0 Å². The molecule has 1 fully saturated rings. The maximum Gasteiger partial charge on any atom is 0.391 e. The van der Waals surface area contributed by atoms with E-state index in [9.17, 15) is 13.2 Å². The molecule has 1 aromatic rings. The lowest BCUT2D eigenvalue weighted by Crippen LogP contribution is -2.35. The quantitative estimate of drug-likeness (QED) is 0.919. The Labute approximate surface area is 117 Å². The molecule has 20 heavy (non-hydrogen) atoms. The van der Waals surface area contributed by atoms with Crippen molar-refractivity contribution in [2.45, 2.75) is 51.4 Å². The topological polar surface area (TPSA) is 29.9 Å². The molecule has 0 aliphatic heterocycles. The first-order valence-corrected chi connectivity index (χ1v) is 7.23. The van der Waals surface area contributed by atoms with Crippen LogP contribution in [0.3, 0.4) is 0 Å². The number of hydrogen-bond donors (Lipinski definition) is 1. The maximum atomic E-state index is 12.9. The molecule has 0 spiro atoms. The molecule has 3 nitrogen and oxygen atoms in total. The van der Waals surface area contributed by atoms with Gasteiger partial charge in [0.15, 0.2) is 0 Å². The van der Waals surface area contributed by atoms with E-state index < -0.39 is 12.1 Å². The molecule has 1 heterocycles. The average molecular weight is 289 g/mol. The van der Waals surface area contributed by atoms with Crippen LogP contribution in [0.2, 0.25) is 0 Å². The molecule has 0 radical (unpaired) electrons. The lowest BCUT2D eigenvalue weighted by Gasteiger charge is -2.35. The van der Waals surface area contributed by atoms with Crippen LogP contribution in [0.5, 0.6) is 0 Å². The number of hydrogen-bond acceptors (Lipinski definition) is 2. The third-order valence-corrected chi connectivity index (χ3v) is 4.33. The molecule has 1 aliphatic carbocycles. The van der Waals surface area contributed by atoms with Gasteiger partial charge in [-0.3, -0.25) is 4.68 Å². The molecule has 114 valence electrons. The minimum atomic E-state index is -4.07. The van der Waals surface area contributed by atoms with E-state index in [0.29, 0.717) is 6.42 Å². The SMILES string of the molecule is CCn1nccc1C(NC)C1CCCC(C(F)(F)F)C1. The van der Waals surface area contributed by atoms with Gasteiger partial charge in [-0.05, 0) is 45.2 Å². The summed E-state index contributed by atoms with van der Waals surface area (Å²) in [6, 6.07) is 1.85. The van der Waals surface area contributed by atoms with Crippen molar-refractivity contribution in [3.05, 3.63) is 18.0 Å². The average Bonchev–Trinajstić information content (AvgIpc) is 2.87. The molecule has 0 bridgehead atoms. The van der Waals surface area contributed by atoms with E-state index in [1.54, 1.807) is 6.20 Å². The molecule has 1 N–H and O–H groups in total. The van der Waals surface area contributed by atoms with Crippen molar-refractivity contribution in [1.29, 1.82) is 0 Å². The largest absolute Gasteiger partial charge is 0.391 e. The normalized spacial score (nSPS) is 25.6. The first-order valence-electron chi connectivity index (χ1n) is 7.23.